The second-order valence-electron chi connectivity index (χ2n) is 4.23. The summed E-state index contributed by atoms with van der Waals surface area (Å²) in [5, 5.41) is 10.8. The van der Waals surface area contributed by atoms with Crippen molar-refractivity contribution in [2.75, 3.05) is 26.2 Å². The van der Waals surface area contributed by atoms with Gasteiger partial charge in [0, 0.05) is 19.5 Å². The molecule has 1 saturated heterocycles. The van der Waals surface area contributed by atoms with Crippen LogP contribution >= 0.6 is 0 Å². The Bertz CT molecular complexity index is 396. The minimum atomic E-state index is -1.10. The lowest BCUT2D eigenvalue weighted by molar-refractivity contribution is -0.144. The lowest BCUT2D eigenvalue weighted by atomic mass is 10.3. The summed E-state index contributed by atoms with van der Waals surface area (Å²) in [4.78, 5) is 47.4. The van der Waals surface area contributed by atoms with Gasteiger partial charge in [0.2, 0.25) is 11.8 Å². The number of carboxylic acid groups (broad SMARTS) is 1. The highest BCUT2D eigenvalue weighted by Crippen LogP contribution is 2.02. The lowest BCUT2D eigenvalue weighted by Crippen LogP contribution is -2.53. The minimum Gasteiger partial charge on any atom is -0.480 e. The second-order valence-corrected chi connectivity index (χ2v) is 4.23. The molecule has 8 nitrogen and oxygen atoms in total. The number of hydrogen-bond donors (Lipinski definition) is 2. The molecule has 106 valence electrons. The number of nitrogens with zero attached hydrogens (tertiary/aromatic N) is 2. The Hall–Kier alpha value is -2.12. The van der Waals surface area contributed by atoms with E-state index in [0.29, 0.717) is 13.0 Å². The molecule has 1 heterocycles. The summed E-state index contributed by atoms with van der Waals surface area (Å²) in [5.74, 6) is -1.90. The number of amides is 4. The van der Waals surface area contributed by atoms with Gasteiger partial charge in [0.05, 0.1) is 0 Å². The molecule has 0 saturated carbocycles. The zero-order chi connectivity index (χ0) is 14.4. The number of carboxylic acids is 1. The third-order valence-corrected chi connectivity index (χ3v) is 2.64. The minimum absolute atomic E-state index is 0.145. The number of nitrogens with one attached hydrogen (secondary N) is 1. The standard InChI is InChI=1S/C11H17N3O5/c1-2-4-13(7-10(17)18)9(16)6-14-5-3-8(15)12-11(14)19/h2-7H2,1H3,(H,17,18)(H,12,15,19). The van der Waals surface area contributed by atoms with Gasteiger partial charge in [-0.05, 0) is 6.42 Å². The Morgan fingerprint density at radius 1 is 1.42 bits per heavy atom. The molecule has 0 aromatic carbocycles. The summed E-state index contributed by atoms with van der Waals surface area (Å²) in [7, 11) is 0. The molecule has 19 heavy (non-hydrogen) atoms. The van der Waals surface area contributed by atoms with Crippen molar-refractivity contribution in [3.8, 4) is 0 Å². The largest absolute Gasteiger partial charge is 0.480 e. The summed E-state index contributed by atoms with van der Waals surface area (Å²) in [6.45, 7) is 1.71. The molecule has 0 aliphatic carbocycles. The van der Waals surface area contributed by atoms with Crippen LogP contribution in [0.5, 0.6) is 0 Å². The van der Waals surface area contributed by atoms with Crippen molar-refractivity contribution < 1.29 is 24.3 Å². The van der Waals surface area contributed by atoms with Crippen molar-refractivity contribution in [1.82, 2.24) is 15.1 Å². The Labute approximate surface area is 110 Å². The molecule has 0 atom stereocenters. The Morgan fingerprint density at radius 2 is 2.11 bits per heavy atom. The van der Waals surface area contributed by atoms with Crippen LogP contribution in [0.1, 0.15) is 19.8 Å². The van der Waals surface area contributed by atoms with E-state index in [4.69, 9.17) is 5.11 Å². The van der Waals surface area contributed by atoms with E-state index in [1.165, 1.54) is 9.80 Å². The Kier molecular flexibility index (Phi) is 5.28. The number of imide groups is 1. The van der Waals surface area contributed by atoms with Crippen molar-refractivity contribution in [2.24, 2.45) is 0 Å². The topological polar surface area (TPSA) is 107 Å². The van der Waals surface area contributed by atoms with E-state index in [9.17, 15) is 19.2 Å². The summed E-state index contributed by atoms with van der Waals surface area (Å²) in [6.07, 6.45) is 0.773. The van der Waals surface area contributed by atoms with Gasteiger partial charge in [-0.15, -0.1) is 0 Å². The lowest BCUT2D eigenvalue weighted by Gasteiger charge is -2.28. The fourth-order valence-electron chi connectivity index (χ4n) is 1.74. The van der Waals surface area contributed by atoms with Gasteiger partial charge in [-0.2, -0.15) is 0 Å². The third kappa shape index (κ3) is 4.57. The average molecular weight is 271 g/mol. The molecule has 8 heteroatoms. The molecule has 0 unspecified atom stereocenters. The quantitative estimate of drug-likeness (QED) is 0.661. The molecule has 0 aromatic heterocycles. The normalized spacial score (nSPS) is 15.1. The maximum absolute atomic E-state index is 11.9. The van der Waals surface area contributed by atoms with Gasteiger partial charge < -0.3 is 14.9 Å². The summed E-state index contributed by atoms with van der Waals surface area (Å²) in [6, 6.07) is -0.614. The van der Waals surface area contributed by atoms with Crippen LogP contribution in [-0.2, 0) is 14.4 Å². The van der Waals surface area contributed by atoms with E-state index in [1.807, 2.05) is 6.92 Å². The van der Waals surface area contributed by atoms with Crippen LogP contribution in [0.15, 0.2) is 0 Å². The first-order valence-electron chi connectivity index (χ1n) is 6.02. The van der Waals surface area contributed by atoms with E-state index in [0.717, 1.165) is 0 Å². The van der Waals surface area contributed by atoms with Crippen molar-refractivity contribution in [1.29, 1.82) is 0 Å². The first-order chi connectivity index (χ1) is 8.93. The molecule has 4 amide bonds. The molecule has 0 aromatic rings. The maximum atomic E-state index is 11.9. The molecule has 1 fully saturated rings. The second kappa shape index (κ2) is 6.72. The predicted molar refractivity (Wildman–Crippen MR) is 64.2 cm³/mol. The highest BCUT2D eigenvalue weighted by atomic mass is 16.4. The van der Waals surface area contributed by atoms with Crippen molar-refractivity contribution >= 4 is 23.8 Å². The number of carbonyl (C=O) groups is 4. The monoisotopic (exact) mass is 271 g/mol. The van der Waals surface area contributed by atoms with Crippen LogP contribution in [0.25, 0.3) is 0 Å². The smallest absolute Gasteiger partial charge is 0.324 e. The molecule has 0 bridgehead atoms. The van der Waals surface area contributed by atoms with Gasteiger partial charge in [-0.1, -0.05) is 6.92 Å². The Balaban J connectivity index is 2.58. The van der Waals surface area contributed by atoms with Crippen LogP contribution in [0.3, 0.4) is 0 Å². The number of carbonyl (C=O) groups excluding carboxylic acids is 3. The van der Waals surface area contributed by atoms with Crippen molar-refractivity contribution in [3.63, 3.8) is 0 Å². The maximum Gasteiger partial charge on any atom is 0.324 e. The van der Waals surface area contributed by atoms with E-state index in [2.05, 4.69) is 5.32 Å². The summed E-state index contributed by atoms with van der Waals surface area (Å²) < 4.78 is 0. The van der Waals surface area contributed by atoms with Gasteiger partial charge in [-0.3, -0.25) is 19.7 Å². The van der Waals surface area contributed by atoms with Crippen molar-refractivity contribution in [2.45, 2.75) is 19.8 Å². The number of aliphatic carboxylic acids is 1. The molecule has 1 rings (SSSR count). The van der Waals surface area contributed by atoms with Crippen LogP contribution in [-0.4, -0.2) is 64.9 Å². The van der Waals surface area contributed by atoms with Crippen molar-refractivity contribution in [3.05, 3.63) is 0 Å². The van der Waals surface area contributed by atoms with E-state index in [1.54, 1.807) is 0 Å². The molecule has 0 radical (unpaired) electrons. The summed E-state index contributed by atoms with van der Waals surface area (Å²) in [5.41, 5.74) is 0. The van der Waals surface area contributed by atoms with Gasteiger partial charge in [0.25, 0.3) is 0 Å². The first kappa shape index (κ1) is 14.9. The van der Waals surface area contributed by atoms with Crippen LogP contribution < -0.4 is 5.32 Å². The fraction of sp³-hybridized carbons (Fsp3) is 0.636. The third-order valence-electron chi connectivity index (χ3n) is 2.64. The number of hydrogen-bond acceptors (Lipinski definition) is 4. The zero-order valence-corrected chi connectivity index (χ0v) is 10.7. The van der Waals surface area contributed by atoms with E-state index >= 15 is 0 Å². The molecule has 2 N–H and O–H groups in total. The molecule has 1 aliphatic heterocycles. The number of urea groups is 1. The molecule has 0 spiro atoms. The predicted octanol–water partition coefficient (Wildman–Crippen LogP) is -0.748. The highest BCUT2D eigenvalue weighted by molar-refractivity contribution is 5.98. The Morgan fingerprint density at radius 3 is 2.63 bits per heavy atom. The van der Waals surface area contributed by atoms with Crippen LogP contribution in [0, 0.1) is 0 Å². The van der Waals surface area contributed by atoms with Gasteiger partial charge in [0.15, 0.2) is 0 Å². The van der Waals surface area contributed by atoms with Crippen LogP contribution in [0.4, 0.5) is 4.79 Å². The van der Waals surface area contributed by atoms with Crippen LogP contribution in [0.2, 0.25) is 0 Å². The highest BCUT2D eigenvalue weighted by Gasteiger charge is 2.26. The van der Waals surface area contributed by atoms with Gasteiger partial charge >= 0.3 is 12.0 Å². The fourth-order valence-corrected chi connectivity index (χ4v) is 1.74. The zero-order valence-electron chi connectivity index (χ0n) is 10.7. The van der Waals surface area contributed by atoms with Gasteiger partial charge in [0.1, 0.15) is 13.1 Å². The SMILES string of the molecule is CCCN(CC(=O)O)C(=O)CN1CCC(=O)NC1=O. The van der Waals surface area contributed by atoms with E-state index in [-0.39, 0.29) is 32.0 Å². The molecular formula is C11H17N3O5. The number of rotatable bonds is 6. The van der Waals surface area contributed by atoms with Gasteiger partial charge in [-0.25, -0.2) is 4.79 Å². The summed E-state index contributed by atoms with van der Waals surface area (Å²) >= 11 is 0. The molecule has 1 aliphatic rings. The average Bonchev–Trinajstić information content (AvgIpc) is 2.31. The van der Waals surface area contributed by atoms with E-state index < -0.39 is 17.9 Å². The molecular weight excluding hydrogens is 254 g/mol. The first-order valence-corrected chi connectivity index (χ1v) is 6.02.